The number of methoxy groups -OCH3 is 1. The molecule has 0 saturated carbocycles. The van der Waals surface area contributed by atoms with Crippen LogP contribution < -0.4 is 5.32 Å². The van der Waals surface area contributed by atoms with Crippen LogP contribution in [0.25, 0.3) is 0 Å². The lowest BCUT2D eigenvalue weighted by molar-refractivity contribution is 0.0596. The molecule has 0 radical (unpaired) electrons. The van der Waals surface area contributed by atoms with E-state index in [9.17, 15) is 4.79 Å². The summed E-state index contributed by atoms with van der Waals surface area (Å²) in [7, 11) is 1.40. The average Bonchev–Trinajstić information content (AvgIpc) is 3.15. The topological polar surface area (TPSA) is 54.7 Å². The van der Waals surface area contributed by atoms with Crippen molar-refractivity contribution in [2.24, 2.45) is 0 Å². The van der Waals surface area contributed by atoms with E-state index in [1.807, 2.05) is 0 Å². The molecule has 2 rings (SSSR count). The maximum atomic E-state index is 11.7. The van der Waals surface area contributed by atoms with Gasteiger partial charge in [-0.2, -0.15) is 0 Å². The van der Waals surface area contributed by atoms with Crippen LogP contribution in [-0.2, 0) is 11.3 Å². The van der Waals surface area contributed by atoms with E-state index in [2.05, 4.69) is 17.1 Å². The number of nitrogens with one attached hydrogen (secondary N) is 1. The van der Waals surface area contributed by atoms with E-state index in [4.69, 9.17) is 9.15 Å². The standard InChI is InChI=1S/C16H26N2O3/c1-3-4-9-18(11-13-6-5-8-17-13)12-15-14(7-10-21-15)16(19)20-2/h7,10,13,17H,3-6,8-9,11-12H2,1-2H3. The average molecular weight is 294 g/mol. The summed E-state index contributed by atoms with van der Waals surface area (Å²) in [6.07, 6.45) is 6.36. The van der Waals surface area contributed by atoms with Crippen molar-refractivity contribution in [3.8, 4) is 0 Å². The molecular weight excluding hydrogens is 268 g/mol. The molecule has 0 spiro atoms. The molecule has 1 atom stereocenters. The highest BCUT2D eigenvalue weighted by atomic mass is 16.5. The fourth-order valence-corrected chi connectivity index (χ4v) is 2.80. The van der Waals surface area contributed by atoms with Gasteiger partial charge in [0, 0.05) is 12.6 Å². The summed E-state index contributed by atoms with van der Waals surface area (Å²) >= 11 is 0. The summed E-state index contributed by atoms with van der Waals surface area (Å²) in [4.78, 5) is 14.1. The molecule has 5 heteroatoms. The molecule has 0 aromatic carbocycles. The van der Waals surface area contributed by atoms with Crippen molar-refractivity contribution in [1.29, 1.82) is 0 Å². The van der Waals surface area contributed by atoms with Crippen LogP contribution in [0.5, 0.6) is 0 Å². The number of esters is 1. The number of hydrogen-bond donors (Lipinski definition) is 1. The number of carbonyl (C=O) groups excluding carboxylic acids is 1. The molecule has 1 saturated heterocycles. The van der Waals surface area contributed by atoms with Crippen molar-refractivity contribution in [2.75, 3.05) is 26.7 Å². The van der Waals surface area contributed by atoms with Crippen molar-refractivity contribution in [2.45, 2.75) is 45.2 Å². The van der Waals surface area contributed by atoms with Gasteiger partial charge in [-0.15, -0.1) is 0 Å². The van der Waals surface area contributed by atoms with Crippen molar-refractivity contribution < 1.29 is 13.9 Å². The molecule has 0 aliphatic carbocycles. The second-order valence-corrected chi connectivity index (χ2v) is 5.63. The molecule has 5 nitrogen and oxygen atoms in total. The number of unbranched alkanes of at least 4 members (excludes halogenated alkanes) is 1. The van der Waals surface area contributed by atoms with Crippen molar-refractivity contribution >= 4 is 5.97 Å². The fourth-order valence-electron chi connectivity index (χ4n) is 2.80. The Balaban J connectivity index is 1.99. The van der Waals surface area contributed by atoms with Gasteiger partial charge in [0.05, 0.1) is 19.9 Å². The first-order valence-electron chi connectivity index (χ1n) is 7.85. The van der Waals surface area contributed by atoms with Crippen LogP contribution in [0.4, 0.5) is 0 Å². The van der Waals surface area contributed by atoms with Crippen LogP contribution >= 0.6 is 0 Å². The first kappa shape index (κ1) is 16.0. The third kappa shape index (κ3) is 4.58. The Kier molecular flexibility index (Phi) is 6.26. The van der Waals surface area contributed by atoms with Gasteiger partial charge in [0.1, 0.15) is 11.3 Å². The van der Waals surface area contributed by atoms with Gasteiger partial charge in [-0.1, -0.05) is 13.3 Å². The third-order valence-electron chi connectivity index (χ3n) is 3.99. The van der Waals surface area contributed by atoms with E-state index in [1.54, 1.807) is 12.3 Å². The monoisotopic (exact) mass is 294 g/mol. The van der Waals surface area contributed by atoms with Crippen LogP contribution in [0.1, 0.15) is 48.7 Å². The van der Waals surface area contributed by atoms with Crippen LogP contribution in [0.2, 0.25) is 0 Å². The van der Waals surface area contributed by atoms with Crippen LogP contribution in [0.15, 0.2) is 16.7 Å². The largest absolute Gasteiger partial charge is 0.467 e. The highest BCUT2D eigenvalue weighted by Crippen LogP contribution is 2.16. The predicted molar refractivity (Wildman–Crippen MR) is 81.3 cm³/mol. The minimum Gasteiger partial charge on any atom is -0.467 e. The zero-order chi connectivity index (χ0) is 15.1. The zero-order valence-electron chi connectivity index (χ0n) is 13.1. The summed E-state index contributed by atoms with van der Waals surface area (Å²) in [6.45, 7) is 5.99. The lowest BCUT2D eigenvalue weighted by atomic mass is 10.2. The Labute approximate surface area is 126 Å². The quantitative estimate of drug-likeness (QED) is 0.746. The van der Waals surface area contributed by atoms with Gasteiger partial charge in [-0.3, -0.25) is 4.90 Å². The molecule has 1 aliphatic heterocycles. The number of nitrogens with zero attached hydrogens (tertiary/aromatic N) is 1. The summed E-state index contributed by atoms with van der Waals surface area (Å²) in [5, 5.41) is 3.53. The van der Waals surface area contributed by atoms with E-state index in [1.165, 1.54) is 20.0 Å². The molecule has 1 N–H and O–H groups in total. The lowest BCUT2D eigenvalue weighted by Gasteiger charge is -2.25. The molecule has 1 fully saturated rings. The smallest absolute Gasteiger partial charge is 0.341 e. The van der Waals surface area contributed by atoms with Crippen molar-refractivity contribution in [3.63, 3.8) is 0 Å². The molecule has 1 aromatic heterocycles. The number of rotatable bonds is 8. The summed E-state index contributed by atoms with van der Waals surface area (Å²) in [5.41, 5.74) is 0.540. The van der Waals surface area contributed by atoms with E-state index >= 15 is 0 Å². The van der Waals surface area contributed by atoms with Crippen molar-refractivity contribution in [1.82, 2.24) is 10.2 Å². The van der Waals surface area contributed by atoms with Crippen molar-refractivity contribution in [3.05, 3.63) is 23.7 Å². The highest BCUT2D eigenvalue weighted by molar-refractivity contribution is 5.90. The summed E-state index contributed by atoms with van der Waals surface area (Å²) in [5.74, 6) is 0.379. The predicted octanol–water partition coefficient (Wildman–Crippen LogP) is 2.42. The minimum absolute atomic E-state index is 0.326. The summed E-state index contributed by atoms with van der Waals surface area (Å²) < 4.78 is 10.3. The van der Waals surface area contributed by atoms with Gasteiger partial charge in [-0.25, -0.2) is 4.79 Å². The number of carbonyl (C=O) groups is 1. The maximum absolute atomic E-state index is 11.7. The number of furan rings is 1. The van der Waals surface area contributed by atoms with Gasteiger partial charge in [-0.05, 0) is 38.4 Å². The molecule has 118 valence electrons. The molecule has 1 aromatic rings. The lowest BCUT2D eigenvalue weighted by Crippen LogP contribution is -2.37. The normalized spacial score (nSPS) is 18.3. The highest BCUT2D eigenvalue weighted by Gasteiger charge is 2.21. The number of ether oxygens (including phenoxy) is 1. The van der Waals surface area contributed by atoms with Gasteiger partial charge in [0.15, 0.2) is 0 Å². The SMILES string of the molecule is CCCCN(Cc1occc1C(=O)OC)CC1CCCN1. The second-order valence-electron chi connectivity index (χ2n) is 5.63. The Morgan fingerprint density at radius 2 is 2.43 bits per heavy atom. The van der Waals surface area contributed by atoms with E-state index in [0.29, 0.717) is 23.9 Å². The maximum Gasteiger partial charge on any atom is 0.341 e. The first-order valence-corrected chi connectivity index (χ1v) is 7.85. The Bertz CT molecular complexity index is 438. The Morgan fingerprint density at radius 1 is 1.57 bits per heavy atom. The summed E-state index contributed by atoms with van der Waals surface area (Å²) in [6, 6.07) is 2.24. The second kappa shape index (κ2) is 8.20. The molecule has 2 heterocycles. The molecular formula is C16H26N2O3. The Hall–Kier alpha value is -1.33. The molecule has 1 aliphatic rings. The van der Waals surface area contributed by atoms with Gasteiger partial charge in [0.2, 0.25) is 0 Å². The number of hydrogen-bond acceptors (Lipinski definition) is 5. The van der Waals surface area contributed by atoms with Crippen LogP contribution in [0.3, 0.4) is 0 Å². The van der Waals surface area contributed by atoms with E-state index < -0.39 is 0 Å². The molecule has 0 amide bonds. The Morgan fingerprint density at radius 3 is 3.10 bits per heavy atom. The first-order chi connectivity index (χ1) is 10.2. The fraction of sp³-hybridized carbons (Fsp3) is 0.688. The molecule has 21 heavy (non-hydrogen) atoms. The van der Waals surface area contributed by atoms with E-state index in [0.717, 1.165) is 32.5 Å². The van der Waals surface area contributed by atoms with Gasteiger partial charge >= 0.3 is 5.97 Å². The zero-order valence-corrected chi connectivity index (χ0v) is 13.1. The van der Waals surface area contributed by atoms with Crippen LogP contribution in [0, 0.1) is 0 Å². The molecule has 1 unspecified atom stereocenters. The third-order valence-corrected chi connectivity index (χ3v) is 3.99. The van der Waals surface area contributed by atoms with Crippen LogP contribution in [-0.4, -0.2) is 43.7 Å². The van der Waals surface area contributed by atoms with Gasteiger partial charge < -0.3 is 14.5 Å². The minimum atomic E-state index is -0.326. The van der Waals surface area contributed by atoms with E-state index in [-0.39, 0.29) is 5.97 Å². The van der Waals surface area contributed by atoms with Gasteiger partial charge in [0.25, 0.3) is 0 Å². The molecule has 0 bridgehead atoms.